The van der Waals surface area contributed by atoms with Crippen molar-refractivity contribution >= 4 is 54.1 Å². The van der Waals surface area contributed by atoms with Gasteiger partial charge in [-0.2, -0.15) is 0 Å². The minimum absolute atomic E-state index is 0.985. The highest BCUT2D eigenvalue weighted by Gasteiger charge is 2.20. The maximum absolute atomic E-state index is 4.96. The van der Waals surface area contributed by atoms with Gasteiger partial charge >= 0.3 is 0 Å². The van der Waals surface area contributed by atoms with Crippen LogP contribution in [0, 0.1) is 0 Å². The minimum Gasteiger partial charge on any atom is -0.309 e. The number of benzene rings is 8. The molecule has 0 aliphatic carbocycles. The van der Waals surface area contributed by atoms with Crippen LogP contribution in [0.5, 0.6) is 0 Å². The highest BCUT2D eigenvalue weighted by molar-refractivity contribution is 6.28. The zero-order chi connectivity index (χ0) is 30.9. The van der Waals surface area contributed by atoms with Gasteiger partial charge in [0.25, 0.3) is 0 Å². The molecule has 2 heteroatoms. The molecule has 0 fully saturated rings. The molecule has 2 aromatic heterocycles. The van der Waals surface area contributed by atoms with Gasteiger partial charge in [-0.25, -0.2) is 4.98 Å². The zero-order valence-electron chi connectivity index (χ0n) is 25.6. The molecule has 0 bridgehead atoms. The summed E-state index contributed by atoms with van der Waals surface area (Å²) >= 11 is 0. The third-order valence-corrected chi connectivity index (χ3v) is 9.74. The number of rotatable bonds is 4. The lowest BCUT2D eigenvalue weighted by atomic mass is 9.86. The van der Waals surface area contributed by atoms with E-state index in [9.17, 15) is 0 Å². The summed E-state index contributed by atoms with van der Waals surface area (Å²) in [6.45, 7) is 0. The van der Waals surface area contributed by atoms with E-state index in [-0.39, 0.29) is 0 Å². The SMILES string of the molecule is c1ccc(-n2c(-c3cc(-c4ccc(-c5ccc6ccccc6n5)cc4)c4ccc5cccc6ccc3c4c56)cc3ccccc32)cc1. The predicted molar refractivity (Wildman–Crippen MR) is 199 cm³/mol. The Labute approximate surface area is 272 Å². The van der Waals surface area contributed by atoms with Gasteiger partial charge in [-0.3, -0.25) is 0 Å². The second-order valence-electron chi connectivity index (χ2n) is 12.4. The Balaban J connectivity index is 1.25. The summed E-state index contributed by atoms with van der Waals surface area (Å²) in [6.07, 6.45) is 0. The molecular formula is C45H28N2. The van der Waals surface area contributed by atoms with E-state index in [1.807, 2.05) is 6.07 Å². The fourth-order valence-corrected chi connectivity index (χ4v) is 7.54. The predicted octanol–water partition coefficient (Wildman–Crippen LogP) is 12.1. The van der Waals surface area contributed by atoms with Gasteiger partial charge in [-0.05, 0) is 85.9 Å². The summed E-state index contributed by atoms with van der Waals surface area (Å²) in [5, 5.41) is 10.1. The lowest BCUT2D eigenvalue weighted by molar-refractivity contribution is 1.14. The number of fused-ring (bicyclic) bond motifs is 2. The molecule has 0 saturated heterocycles. The van der Waals surface area contributed by atoms with Crippen LogP contribution in [0.1, 0.15) is 0 Å². The lowest BCUT2D eigenvalue weighted by Gasteiger charge is -2.19. The van der Waals surface area contributed by atoms with E-state index in [1.54, 1.807) is 0 Å². The average Bonchev–Trinajstić information content (AvgIpc) is 3.53. The van der Waals surface area contributed by atoms with Gasteiger partial charge in [0.2, 0.25) is 0 Å². The standard InChI is InChI=1S/C45H28N2/c1-2-13-35(14-3-1)47-42-16-7-5-10-34(42)27-43(47)39-28-38(36-24-21-32-11-8-12-33-22-25-37(39)45(36)44(32)33)29-17-19-31(20-18-29)41-26-23-30-9-4-6-15-40(30)46-41/h1-28H. The first-order chi connectivity index (χ1) is 23.3. The monoisotopic (exact) mass is 596 g/mol. The van der Waals surface area contributed by atoms with Crippen LogP contribution in [-0.4, -0.2) is 9.55 Å². The van der Waals surface area contributed by atoms with Crippen molar-refractivity contribution in [3.63, 3.8) is 0 Å². The van der Waals surface area contributed by atoms with Gasteiger partial charge < -0.3 is 4.57 Å². The summed E-state index contributed by atoms with van der Waals surface area (Å²) in [5.41, 5.74) is 10.3. The van der Waals surface area contributed by atoms with Crippen LogP contribution in [0.25, 0.3) is 93.5 Å². The van der Waals surface area contributed by atoms with Crippen LogP contribution < -0.4 is 0 Å². The molecular weight excluding hydrogens is 569 g/mol. The van der Waals surface area contributed by atoms with E-state index in [0.29, 0.717) is 0 Å². The first-order valence-electron chi connectivity index (χ1n) is 16.1. The second kappa shape index (κ2) is 10.1. The largest absolute Gasteiger partial charge is 0.309 e. The third kappa shape index (κ3) is 4.02. The number of hydrogen-bond donors (Lipinski definition) is 0. The van der Waals surface area contributed by atoms with Gasteiger partial charge in [0.05, 0.1) is 22.4 Å². The first-order valence-corrected chi connectivity index (χ1v) is 16.1. The summed E-state index contributed by atoms with van der Waals surface area (Å²) in [7, 11) is 0. The topological polar surface area (TPSA) is 17.8 Å². The van der Waals surface area contributed by atoms with Gasteiger partial charge in [-0.15, -0.1) is 0 Å². The lowest BCUT2D eigenvalue weighted by Crippen LogP contribution is -1.98. The third-order valence-electron chi connectivity index (χ3n) is 9.74. The molecule has 10 aromatic rings. The van der Waals surface area contributed by atoms with E-state index in [1.165, 1.54) is 65.6 Å². The average molecular weight is 597 g/mol. The van der Waals surface area contributed by atoms with Crippen molar-refractivity contribution in [3.8, 4) is 39.3 Å². The Kier molecular flexibility index (Phi) is 5.61. The van der Waals surface area contributed by atoms with E-state index in [0.717, 1.165) is 27.8 Å². The first kappa shape index (κ1) is 26.0. The number of para-hydroxylation sites is 3. The van der Waals surface area contributed by atoms with Gasteiger partial charge in [0, 0.05) is 27.6 Å². The highest BCUT2D eigenvalue weighted by atomic mass is 15.0. The Morgan fingerprint density at radius 3 is 1.85 bits per heavy atom. The molecule has 0 aliphatic rings. The molecule has 0 unspecified atom stereocenters. The Morgan fingerprint density at radius 2 is 1.04 bits per heavy atom. The normalized spacial score (nSPS) is 11.8. The number of aromatic nitrogens is 2. The molecule has 218 valence electrons. The van der Waals surface area contributed by atoms with Crippen molar-refractivity contribution in [1.82, 2.24) is 9.55 Å². The second-order valence-corrected chi connectivity index (χ2v) is 12.4. The zero-order valence-corrected chi connectivity index (χ0v) is 25.6. The molecule has 0 spiro atoms. The van der Waals surface area contributed by atoms with Crippen molar-refractivity contribution in [2.75, 3.05) is 0 Å². The molecule has 0 N–H and O–H groups in total. The Hall–Kier alpha value is -6.25. The van der Waals surface area contributed by atoms with Gasteiger partial charge in [0.15, 0.2) is 0 Å². The molecule has 8 aromatic carbocycles. The highest BCUT2D eigenvalue weighted by Crippen LogP contribution is 2.45. The minimum atomic E-state index is 0.985. The van der Waals surface area contributed by atoms with E-state index >= 15 is 0 Å². The van der Waals surface area contributed by atoms with Crippen LogP contribution in [0.15, 0.2) is 170 Å². The van der Waals surface area contributed by atoms with Crippen molar-refractivity contribution < 1.29 is 0 Å². The van der Waals surface area contributed by atoms with Crippen LogP contribution in [0.4, 0.5) is 0 Å². The number of nitrogens with zero attached hydrogens (tertiary/aromatic N) is 2. The molecule has 0 saturated carbocycles. The van der Waals surface area contributed by atoms with Crippen molar-refractivity contribution in [2.24, 2.45) is 0 Å². The molecule has 0 amide bonds. The van der Waals surface area contributed by atoms with Crippen LogP contribution in [-0.2, 0) is 0 Å². The molecule has 2 heterocycles. The smallest absolute Gasteiger partial charge is 0.0709 e. The van der Waals surface area contributed by atoms with Crippen molar-refractivity contribution in [3.05, 3.63) is 170 Å². The Morgan fingerprint density at radius 1 is 0.404 bits per heavy atom. The number of pyridine rings is 1. The van der Waals surface area contributed by atoms with Gasteiger partial charge in [0.1, 0.15) is 0 Å². The van der Waals surface area contributed by atoms with E-state index in [4.69, 9.17) is 4.98 Å². The fourth-order valence-electron chi connectivity index (χ4n) is 7.54. The molecule has 2 nitrogen and oxygen atoms in total. The summed E-state index contributed by atoms with van der Waals surface area (Å²) < 4.78 is 2.42. The molecule has 10 rings (SSSR count). The maximum atomic E-state index is 4.96. The fraction of sp³-hybridized carbons (Fsp3) is 0. The van der Waals surface area contributed by atoms with Gasteiger partial charge in [-0.1, -0.05) is 127 Å². The molecule has 0 aliphatic heterocycles. The quantitative estimate of drug-likeness (QED) is 0.185. The van der Waals surface area contributed by atoms with E-state index < -0.39 is 0 Å². The summed E-state index contributed by atoms with van der Waals surface area (Å²) in [4.78, 5) is 4.96. The maximum Gasteiger partial charge on any atom is 0.0709 e. The van der Waals surface area contributed by atoms with Crippen LogP contribution in [0.3, 0.4) is 0 Å². The van der Waals surface area contributed by atoms with Crippen molar-refractivity contribution in [1.29, 1.82) is 0 Å². The van der Waals surface area contributed by atoms with Crippen LogP contribution in [0.2, 0.25) is 0 Å². The van der Waals surface area contributed by atoms with Crippen LogP contribution >= 0.6 is 0 Å². The van der Waals surface area contributed by atoms with E-state index in [2.05, 4.69) is 168 Å². The molecule has 0 atom stereocenters. The number of hydrogen-bond acceptors (Lipinski definition) is 1. The Bertz CT molecular complexity index is 2760. The summed E-state index contributed by atoms with van der Waals surface area (Å²) in [5.74, 6) is 0. The molecule has 47 heavy (non-hydrogen) atoms. The molecule has 0 radical (unpaired) electrons. The summed E-state index contributed by atoms with van der Waals surface area (Å²) in [6, 6.07) is 61.5. The van der Waals surface area contributed by atoms with Crippen molar-refractivity contribution in [2.45, 2.75) is 0 Å².